The number of hydrogen-bond donors (Lipinski definition) is 0. The van der Waals surface area contributed by atoms with Crippen LogP contribution in [0.1, 0.15) is 31.7 Å². The first-order valence-corrected chi connectivity index (χ1v) is 5.80. The molecule has 1 aromatic carbocycles. The molecule has 3 heteroatoms. The Bertz CT molecular complexity index is 371. The number of esters is 1. The first kappa shape index (κ1) is 13.6. The fourth-order valence-corrected chi connectivity index (χ4v) is 1.92. The Hall–Kier alpha value is -1.51. The third-order valence-corrected chi connectivity index (χ3v) is 2.71. The molecule has 0 aromatic heterocycles. The zero-order valence-corrected chi connectivity index (χ0v) is 10.9. The van der Waals surface area contributed by atoms with Crippen molar-refractivity contribution in [3.05, 3.63) is 29.8 Å². The fourth-order valence-electron chi connectivity index (χ4n) is 1.92. The maximum absolute atomic E-state index is 11.8. The maximum atomic E-state index is 11.8. The first-order valence-electron chi connectivity index (χ1n) is 5.80. The van der Waals surface area contributed by atoms with Crippen LogP contribution in [0.2, 0.25) is 0 Å². The van der Waals surface area contributed by atoms with Gasteiger partial charge in [-0.3, -0.25) is 4.79 Å². The number of hydrogen-bond acceptors (Lipinski definition) is 3. The molecule has 0 spiro atoms. The summed E-state index contributed by atoms with van der Waals surface area (Å²) in [5, 5.41) is 0. The van der Waals surface area contributed by atoms with E-state index in [2.05, 4.69) is 13.8 Å². The van der Waals surface area contributed by atoms with E-state index in [-0.39, 0.29) is 11.9 Å². The normalized spacial score (nSPS) is 12.3. The van der Waals surface area contributed by atoms with E-state index in [1.165, 1.54) is 7.11 Å². The monoisotopic (exact) mass is 236 g/mol. The predicted octanol–water partition coefficient (Wildman–Crippen LogP) is 3.00. The van der Waals surface area contributed by atoms with Crippen molar-refractivity contribution in [1.82, 2.24) is 0 Å². The summed E-state index contributed by atoms with van der Waals surface area (Å²) in [5.74, 6) is 0.701. The van der Waals surface area contributed by atoms with Crippen LogP contribution in [0.4, 0.5) is 0 Å². The molecule has 0 amide bonds. The van der Waals surface area contributed by atoms with Gasteiger partial charge in [0.25, 0.3) is 0 Å². The lowest BCUT2D eigenvalue weighted by Gasteiger charge is -2.19. The molecule has 1 aromatic rings. The molecular formula is C14H20O3. The quantitative estimate of drug-likeness (QED) is 0.737. The van der Waals surface area contributed by atoms with Crippen LogP contribution in [-0.4, -0.2) is 20.2 Å². The smallest absolute Gasteiger partial charge is 0.313 e. The average molecular weight is 236 g/mol. The first-order chi connectivity index (χ1) is 8.10. The van der Waals surface area contributed by atoms with Crippen molar-refractivity contribution in [2.24, 2.45) is 5.92 Å². The summed E-state index contributed by atoms with van der Waals surface area (Å²) in [6.07, 6.45) is 0.757. The Morgan fingerprint density at radius 1 is 1.24 bits per heavy atom. The molecule has 0 saturated heterocycles. The van der Waals surface area contributed by atoms with Crippen LogP contribution >= 0.6 is 0 Å². The van der Waals surface area contributed by atoms with Gasteiger partial charge in [-0.05, 0) is 18.4 Å². The van der Waals surface area contributed by atoms with E-state index in [1.54, 1.807) is 7.11 Å². The minimum absolute atomic E-state index is 0.205. The van der Waals surface area contributed by atoms with Crippen molar-refractivity contribution in [2.75, 3.05) is 14.2 Å². The number of ether oxygens (including phenoxy) is 2. The summed E-state index contributed by atoms with van der Waals surface area (Å²) in [4.78, 5) is 11.8. The molecule has 0 aliphatic heterocycles. The van der Waals surface area contributed by atoms with Gasteiger partial charge in [0.05, 0.1) is 20.1 Å². The highest BCUT2D eigenvalue weighted by Crippen LogP contribution is 2.31. The number of carbonyl (C=O) groups excluding carboxylic acids is 1. The Morgan fingerprint density at radius 2 is 1.88 bits per heavy atom. The molecule has 0 heterocycles. The lowest BCUT2D eigenvalue weighted by molar-refractivity contribution is -0.142. The summed E-state index contributed by atoms with van der Waals surface area (Å²) >= 11 is 0. The molecule has 0 radical (unpaired) electrons. The van der Waals surface area contributed by atoms with E-state index < -0.39 is 0 Å². The minimum Gasteiger partial charge on any atom is -0.496 e. The molecule has 94 valence electrons. The van der Waals surface area contributed by atoms with Gasteiger partial charge >= 0.3 is 5.97 Å². The van der Waals surface area contributed by atoms with Gasteiger partial charge in [-0.15, -0.1) is 0 Å². The third kappa shape index (κ3) is 3.48. The Labute approximate surface area is 103 Å². The van der Waals surface area contributed by atoms with Crippen molar-refractivity contribution in [1.29, 1.82) is 0 Å². The number of methoxy groups -OCH3 is 2. The molecule has 17 heavy (non-hydrogen) atoms. The van der Waals surface area contributed by atoms with Gasteiger partial charge in [-0.2, -0.15) is 0 Å². The van der Waals surface area contributed by atoms with Gasteiger partial charge in [0.1, 0.15) is 5.75 Å². The SMILES string of the molecule is COC(=O)C(CC(C)C)c1ccccc1OC. The number of rotatable bonds is 5. The molecule has 0 aliphatic rings. The Balaban J connectivity index is 3.07. The van der Waals surface area contributed by atoms with Crippen molar-refractivity contribution >= 4 is 5.97 Å². The summed E-state index contributed by atoms with van der Waals surface area (Å²) in [6.45, 7) is 4.18. The van der Waals surface area contributed by atoms with E-state index in [0.717, 1.165) is 17.7 Å². The van der Waals surface area contributed by atoms with E-state index in [1.807, 2.05) is 24.3 Å². The molecule has 0 fully saturated rings. The molecular weight excluding hydrogens is 216 g/mol. The summed E-state index contributed by atoms with van der Waals surface area (Å²) < 4.78 is 10.2. The second kappa shape index (κ2) is 6.28. The Morgan fingerprint density at radius 3 is 2.41 bits per heavy atom. The Kier molecular flexibility index (Phi) is 5.01. The third-order valence-electron chi connectivity index (χ3n) is 2.71. The molecule has 1 unspecified atom stereocenters. The van der Waals surface area contributed by atoms with Crippen LogP contribution in [0, 0.1) is 5.92 Å². The minimum atomic E-state index is -0.254. The topological polar surface area (TPSA) is 35.5 Å². The molecule has 1 rings (SSSR count). The van der Waals surface area contributed by atoms with Crippen molar-refractivity contribution in [3.63, 3.8) is 0 Å². The molecule has 0 bridgehead atoms. The zero-order valence-electron chi connectivity index (χ0n) is 10.9. The molecule has 0 N–H and O–H groups in total. The lowest BCUT2D eigenvalue weighted by atomic mass is 9.90. The van der Waals surface area contributed by atoms with E-state index in [4.69, 9.17) is 9.47 Å². The van der Waals surface area contributed by atoms with Gasteiger partial charge in [0, 0.05) is 5.56 Å². The molecule has 1 atom stereocenters. The van der Waals surface area contributed by atoms with Crippen LogP contribution < -0.4 is 4.74 Å². The van der Waals surface area contributed by atoms with Crippen LogP contribution in [0.15, 0.2) is 24.3 Å². The van der Waals surface area contributed by atoms with Crippen LogP contribution in [-0.2, 0) is 9.53 Å². The molecule has 0 aliphatic carbocycles. The second-order valence-electron chi connectivity index (χ2n) is 4.45. The predicted molar refractivity (Wildman–Crippen MR) is 67.2 cm³/mol. The highest BCUT2D eigenvalue weighted by atomic mass is 16.5. The average Bonchev–Trinajstić information content (AvgIpc) is 2.34. The maximum Gasteiger partial charge on any atom is 0.313 e. The number of carbonyl (C=O) groups is 1. The van der Waals surface area contributed by atoms with Crippen molar-refractivity contribution < 1.29 is 14.3 Å². The van der Waals surface area contributed by atoms with Crippen molar-refractivity contribution in [3.8, 4) is 5.75 Å². The van der Waals surface area contributed by atoms with Gasteiger partial charge in [0.2, 0.25) is 0 Å². The largest absolute Gasteiger partial charge is 0.496 e. The highest BCUT2D eigenvalue weighted by molar-refractivity contribution is 5.79. The second-order valence-corrected chi connectivity index (χ2v) is 4.45. The number of para-hydroxylation sites is 1. The van der Waals surface area contributed by atoms with Crippen molar-refractivity contribution in [2.45, 2.75) is 26.2 Å². The summed E-state index contributed by atoms with van der Waals surface area (Å²) in [5.41, 5.74) is 0.899. The molecule has 0 saturated carbocycles. The van der Waals surface area contributed by atoms with E-state index in [9.17, 15) is 4.79 Å². The number of benzene rings is 1. The van der Waals surface area contributed by atoms with Crippen LogP contribution in [0.3, 0.4) is 0 Å². The summed E-state index contributed by atoms with van der Waals surface area (Å²) in [6, 6.07) is 7.59. The zero-order chi connectivity index (χ0) is 12.8. The van der Waals surface area contributed by atoms with Gasteiger partial charge < -0.3 is 9.47 Å². The van der Waals surface area contributed by atoms with Gasteiger partial charge in [-0.25, -0.2) is 0 Å². The van der Waals surface area contributed by atoms with E-state index in [0.29, 0.717) is 5.92 Å². The molecule has 3 nitrogen and oxygen atoms in total. The fraction of sp³-hybridized carbons (Fsp3) is 0.500. The lowest BCUT2D eigenvalue weighted by Crippen LogP contribution is -2.17. The van der Waals surface area contributed by atoms with Crippen LogP contribution in [0.5, 0.6) is 5.75 Å². The standard InChI is InChI=1S/C14H20O3/c1-10(2)9-12(14(15)17-4)11-7-5-6-8-13(11)16-3/h5-8,10,12H,9H2,1-4H3. The van der Waals surface area contributed by atoms with E-state index >= 15 is 0 Å². The summed E-state index contributed by atoms with van der Waals surface area (Å²) in [7, 11) is 3.04. The van der Waals surface area contributed by atoms with Gasteiger partial charge in [-0.1, -0.05) is 32.0 Å². The van der Waals surface area contributed by atoms with Gasteiger partial charge in [0.15, 0.2) is 0 Å². The van der Waals surface area contributed by atoms with Crippen LogP contribution in [0.25, 0.3) is 0 Å². The highest BCUT2D eigenvalue weighted by Gasteiger charge is 2.25.